The van der Waals surface area contributed by atoms with Crippen LogP contribution < -0.4 is 5.32 Å². The normalized spacial score (nSPS) is 16.7. The van der Waals surface area contributed by atoms with Crippen molar-refractivity contribution in [2.24, 2.45) is 0 Å². The Morgan fingerprint density at radius 1 is 1.19 bits per heavy atom. The average Bonchev–Trinajstić information content (AvgIpc) is 2.67. The van der Waals surface area contributed by atoms with Gasteiger partial charge in [0, 0.05) is 17.6 Å². The summed E-state index contributed by atoms with van der Waals surface area (Å²) >= 11 is 5.94. The summed E-state index contributed by atoms with van der Waals surface area (Å²) in [5.74, 6) is -0.575. The van der Waals surface area contributed by atoms with E-state index >= 15 is 0 Å². The molecule has 2 aromatic carbocycles. The highest BCUT2D eigenvalue weighted by Crippen LogP contribution is 2.42. The van der Waals surface area contributed by atoms with Crippen LogP contribution in [-0.2, 0) is 4.74 Å². The lowest BCUT2D eigenvalue weighted by molar-refractivity contribution is -0.433. The highest BCUT2D eigenvalue weighted by Gasteiger charge is 2.41. The van der Waals surface area contributed by atoms with Crippen molar-refractivity contribution in [1.29, 1.82) is 5.26 Å². The number of ether oxygens (including phenoxy) is 1. The van der Waals surface area contributed by atoms with Crippen molar-refractivity contribution in [3.05, 3.63) is 98.0 Å². The lowest BCUT2D eigenvalue weighted by Crippen LogP contribution is -2.26. The molecular formula is C19H14ClN3O3. The van der Waals surface area contributed by atoms with Crippen molar-refractivity contribution in [2.75, 3.05) is 7.05 Å². The maximum atomic E-state index is 11.7. The van der Waals surface area contributed by atoms with Gasteiger partial charge >= 0.3 is 5.70 Å². The number of nitriles is 1. The Kier molecular flexibility index (Phi) is 4.92. The van der Waals surface area contributed by atoms with E-state index in [9.17, 15) is 15.4 Å². The molecule has 1 aliphatic rings. The van der Waals surface area contributed by atoms with Crippen molar-refractivity contribution < 1.29 is 9.66 Å². The lowest BCUT2D eigenvalue weighted by Gasteiger charge is -2.25. The van der Waals surface area contributed by atoms with Crippen LogP contribution in [0.1, 0.15) is 17.0 Å². The third-order valence-corrected chi connectivity index (χ3v) is 4.28. The minimum absolute atomic E-state index is 0.00723. The first-order valence-corrected chi connectivity index (χ1v) is 8.14. The predicted molar refractivity (Wildman–Crippen MR) is 97.3 cm³/mol. The van der Waals surface area contributed by atoms with Gasteiger partial charge in [0.2, 0.25) is 0 Å². The van der Waals surface area contributed by atoms with Crippen molar-refractivity contribution in [2.45, 2.75) is 5.92 Å². The average molecular weight is 368 g/mol. The largest absolute Gasteiger partial charge is 0.434 e. The number of nitrogens with zero attached hydrogens (tertiary/aromatic N) is 2. The molecule has 0 aliphatic carbocycles. The molecule has 1 N–H and O–H groups in total. The zero-order chi connectivity index (χ0) is 18.7. The summed E-state index contributed by atoms with van der Waals surface area (Å²) in [6.45, 7) is 0. The lowest BCUT2D eigenvalue weighted by atomic mass is 9.85. The first-order valence-electron chi connectivity index (χ1n) is 7.76. The third-order valence-electron chi connectivity index (χ3n) is 4.03. The van der Waals surface area contributed by atoms with Gasteiger partial charge in [0.1, 0.15) is 5.92 Å². The molecule has 7 heteroatoms. The molecule has 0 bridgehead atoms. The summed E-state index contributed by atoms with van der Waals surface area (Å²) in [4.78, 5) is 11.2. The summed E-state index contributed by atoms with van der Waals surface area (Å²) in [6, 6.07) is 17.8. The maximum Gasteiger partial charge on any atom is 0.318 e. The molecule has 0 amide bonds. The fourth-order valence-corrected chi connectivity index (χ4v) is 3.00. The molecule has 26 heavy (non-hydrogen) atoms. The number of hydrogen-bond acceptors (Lipinski definition) is 5. The number of allylic oxidation sites excluding steroid dienone is 1. The van der Waals surface area contributed by atoms with Crippen LogP contribution in [0.2, 0.25) is 5.02 Å². The minimum atomic E-state index is -0.876. The molecule has 2 aromatic rings. The van der Waals surface area contributed by atoms with Crippen LogP contribution >= 0.6 is 11.6 Å². The summed E-state index contributed by atoms with van der Waals surface area (Å²) in [7, 11) is 1.54. The smallest absolute Gasteiger partial charge is 0.318 e. The van der Waals surface area contributed by atoms with Crippen LogP contribution in [0, 0.1) is 21.4 Å². The van der Waals surface area contributed by atoms with Crippen molar-refractivity contribution in [1.82, 2.24) is 5.32 Å². The summed E-state index contributed by atoms with van der Waals surface area (Å²) in [5, 5.41) is 24.8. The molecule has 0 radical (unpaired) electrons. The molecule has 6 nitrogen and oxygen atoms in total. The Morgan fingerprint density at radius 3 is 2.38 bits per heavy atom. The van der Waals surface area contributed by atoms with E-state index in [1.54, 1.807) is 36.4 Å². The second-order valence-corrected chi connectivity index (χ2v) is 5.97. The van der Waals surface area contributed by atoms with Gasteiger partial charge in [0.25, 0.3) is 5.88 Å². The zero-order valence-electron chi connectivity index (χ0n) is 13.8. The van der Waals surface area contributed by atoms with Crippen LogP contribution in [0.4, 0.5) is 0 Å². The SMILES string of the molecule is CNC1=C([N+](=O)[O-])[C@@H](c2ccc(Cl)cc2)C(C#N)=C(c2ccccc2)O1. The van der Waals surface area contributed by atoms with E-state index in [1.807, 2.05) is 18.2 Å². The second-order valence-electron chi connectivity index (χ2n) is 5.53. The van der Waals surface area contributed by atoms with Gasteiger partial charge in [-0.2, -0.15) is 5.26 Å². The van der Waals surface area contributed by atoms with Gasteiger partial charge in [-0.15, -0.1) is 0 Å². The van der Waals surface area contributed by atoms with Gasteiger partial charge in [-0.05, 0) is 17.7 Å². The molecule has 130 valence electrons. The zero-order valence-corrected chi connectivity index (χ0v) is 14.5. The van der Waals surface area contributed by atoms with E-state index in [0.717, 1.165) is 0 Å². The Labute approximate surface area is 155 Å². The summed E-state index contributed by atoms with van der Waals surface area (Å²) < 4.78 is 5.73. The fraction of sp³-hybridized carbons (Fsp3) is 0.105. The van der Waals surface area contributed by atoms with E-state index in [2.05, 4.69) is 11.4 Å². The molecule has 0 unspecified atom stereocenters. The van der Waals surface area contributed by atoms with Gasteiger partial charge in [0.15, 0.2) is 5.76 Å². The highest BCUT2D eigenvalue weighted by atomic mass is 35.5. The Balaban J connectivity index is 2.27. The number of nitrogens with one attached hydrogen (secondary N) is 1. The summed E-state index contributed by atoms with van der Waals surface area (Å²) in [6.07, 6.45) is 0. The number of rotatable bonds is 4. The molecule has 0 spiro atoms. The molecule has 0 saturated carbocycles. The Morgan fingerprint density at radius 2 is 1.85 bits per heavy atom. The number of nitro groups is 1. The van der Waals surface area contributed by atoms with Gasteiger partial charge in [-0.3, -0.25) is 10.1 Å². The second kappa shape index (κ2) is 7.30. The first kappa shape index (κ1) is 17.5. The topological polar surface area (TPSA) is 88.2 Å². The maximum absolute atomic E-state index is 11.7. The Hall–Kier alpha value is -3.30. The van der Waals surface area contributed by atoms with E-state index in [1.165, 1.54) is 7.05 Å². The van der Waals surface area contributed by atoms with Crippen molar-refractivity contribution in [3.63, 3.8) is 0 Å². The number of halogens is 1. The molecule has 0 saturated heterocycles. The predicted octanol–water partition coefficient (Wildman–Crippen LogP) is 4.05. The molecular weight excluding hydrogens is 354 g/mol. The first-order chi connectivity index (χ1) is 12.6. The molecule has 3 rings (SSSR count). The summed E-state index contributed by atoms with van der Waals surface area (Å²) in [5.41, 5.74) is 1.20. The standard InChI is InChI=1S/C19H14ClN3O3/c1-22-19-17(23(24)25)16(12-7-9-14(20)10-8-12)15(11-21)18(26-19)13-5-3-2-4-6-13/h2-10,16,22H,1H3/t16-/m0/s1. The molecule has 1 atom stereocenters. The van der Waals surface area contributed by atoms with Crippen LogP contribution in [-0.4, -0.2) is 12.0 Å². The van der Waals surface area contributed by atoms with Gasteiger partial charge in [-0.1, -0.05) is 54.1 Å². The van der Waals surface area contributed by atoms with Crippen LogP contribution in [0.15, 0.2) is 71.8 Å². The van der Waals surface area contributed by atoms with E-state index in [4.69, 9.17) is 16.3 Å². The van der Waals surface area contributed by atoms with Crippen molar-refractivity contribution >= 4 is 17.4 Å². The molecule has 1 heterocycles. The van der Waals surface area contributed by atoms with Gasteiger partial charge < -0.3 is 10.1 Å². The monoisotopic (exact) mass is 367 g/mol. The molecule has 0 aromatic heterocycles. The van der Waals surface area contributed by atoms with E-state index in [-0.39, 0.29) is 17.2 Å². The van der Waals surface area contributed by atoms with E-state index < -0.39 is 10.8 Å². The number of benzene rings is 2. The van der Waals surface area contributed by atoms with Crippen LogP contribution in [0.25, 0.3) is 5.76 Å². The van der Waals surface area contributed by atoms with Gasteiger partial charge in [0.05, 0.1) is 16.6 Å². The Bertz CT molecular complexity index is 944. The number of hydrogen-bond donors (Lipinski definition) is 1. The molecule has 1 aliphatic heterocycles. The quantitative estimate of drug-likeness (QED) is 0.650. The van der Waals surface area contributed by atoms with E-state index in [0.29, 0.717) is 21.9 Å². The van der Waals surface area contributed by atoms with Crippen LogP contribution in [0.5, 0.6) is 0 Å². The van der Waals surface area contributed by atoms with Crippen molar-refractivity contribution in [3.8, 4) is 6.07 Å². The fourth-order valence-electron chi connectivity index (χ4n) is 2.87. The minimum Gasteiger partial charge on any atom is -0.434 e. The third kappa shape index (κ3) is 3.13. The van der Waals surface area contributed by atoms with Gasteiger partial charge in [-0.25, -0.2) is 0 Å². The van der Waals surface area contributed by atoms with Crippen LogP contribution in [0.3, 0.4) is 0 Å². The molecule has 0 fully saturated rings. The highest BCUT2D eigenvalue weighted by molar-refractivity contribution is 6.30.